The van der Waals surface area contributed by atoms with Crippen molar-refractivity contribution in [2.24, 2.45) is 0 Å². The molecule has 1 unspecified atom stereocenters. The smallest absolute Gasteiger partial charge is 0.333 e. The van der Waals surface area contributed by atoms with Crippen molar-refractivity contribution in [3.05, 3.63) is 30.1 Å². The number of hydrogen-bond donors (Lipinski definition) is 1. The highest BCUT2D eigenvalue weighted by molar-refractivity contribution is 5.79. The number of pyridine rings is 1. The summed E-state index contributed by atoms with van der Waals surface area (Å²) < 4.78 is 4.53. The number of nitrogens with zero attached hydrogens (tertiary/aromatic N) is 1. The largest absolute Gasteiger partial charge is 0.467 e. The molecular weight excluding hydrogens is 184 g/mol. The number of methoxy groups -OCH3 is 1. The molecule has 1 aromatic heterocycles. The molecule has 0 aliphatic rings. The van der Waals surface area contributed by atoms with Crippen LogP contribution in [0.1, 0.15) is 11.6 Å². The molecular formula is C9H10N2O3. The van der Waals surface area contributed by atoms with Crippen LogP contribution in [-0.2, 0) is 14.3 Å². The van der Waals surface area contributed by atoms with E-state index in [2.05, 4.69) is 15.0 Å². The van der Waals surface area contributed by atoms with Crippen molar-refractivity contribution < 1.29 is 14.3 Å². The Morgan fingerprint density at radius 3 is 3.00 bits per heavy atom. The normalized spacial score (nSPS) is 11.5. The van der Waals surface area contributed by atoms with Crippen LogP contribution in [0.3, 0.4) is 0 Å². The predicted octanol–water partition coefficient (Wildman–Crippen LogP) is 0.0417. The fourth-order valence-electron chi connectivity index (χ4n) is 1.03. The molecule has 0 radical (unpaired) electrons. The Balaban J connectivity index is 2.88. The van der Waals surface area contributed by atoms with Crippen LogP contribution in [0, 0.1) is 0 Å². The second-order valence-corrected chi connectivity index (χ2v) is 2.53. The van der Waals surface area contributed by atoms with Crippen LogP contribution in [0.4, 0.5) is 0 Å². The van der Waals surface area contributed by atoms with E-state index < -0.39 is 12.0 Å². The molecule has 74 valence electrons. The third-order valence-corrected chi connectivity index (χ3v) is 1.69. The summed E-state index contributed by atoms with van der Waals surface area (Å²) in [5.74, 6) is -0.523. The lowest BCUT2D eigenvalue weighted by molar-refractivity contribution is -0.144. The van der Waals surface area contributed by atoms with Crippen molar-refractivity contribution in [2.45, 2.75) is 6.04 Å². The molecule has 1 rings (SSSR count). The number of rotatable bonds is 4. The zero-order chi connectivity index (χ0) is 10.4. The third-order valence-electron chi connectivity index (χ3n) is 1.69. The molecule has 5 heteroatoms. The Morgan fingerprint density at radius 1 is 1.71 bits per heavy atom. The summed E-state index contributed by atoms with van der Waals surface area (Å²) in [5, 5.41) is 2.35. The Morgan fingerprint density at radius 2 is 2.50 bits per heavy atom. The Labute approximate surface area is 81.1 Å². The van der Waals surface area contributed by atoms with E-state index in [-0.39, 0.29) is 0 Å². The van der Waals surface area contributed by atoms with Gasteiger partial charge in [-0.3, -0.25) is 9.78 Å². The number of carbonyl (C=O) groups excluding carboxylic acids is 2. The quantitative estimate of drug-likeness (QED) is 0.543. The van der Waals surface area contributed by atoms with Gasteiger partial charge in [-0.05, 0) is 6.07 Å². The van der Waals surface area contributed by atoms with Gasteiger partial charge in [-0.2, -0.15) is 0 Å². The zero-order valence-electron chi connectivity index (χ0n) is 7.64. The molecule has 1 N–H and O–H groups in total. The lowest BCUT2D eigenvalue weighted by atomic mass is 10.1. The summed E-state index contributed by atoms with van der Waals surface area (Å²) in [6, 6.07) is 2.58. The summed E-state index contributed by atoms with van der Waals surface area (Å²) >= 11 is 0. The number of amides is 1. The first-order valence-corrected chi connectivity index (χ1v) is 3.97. The summed E-state index contributed by atoms with van der Waals surface area (Å²) in [7, 11) is 1.26. The van der Waals surface area contributed by atoms with E-state index in [0.717, 1.165) is 0 Å². The summed E-state index contributed by atoms with van der Waals surface area (Å²) in [6.45, 7) is 0. The van der Waals surface area contributed by atoms with Gasteiger partial charge in [0.25, 0.3) is 0 Å². The van der Waals surface area contributed by atoms with Gasteiger partial charge in [-0.1, -0.05) is 6.07 Å². The molecule has 0 aliphatic carbocycles. The number of hydrogen-bond acceptors (Lipinski definition) is 4. The maximum Gasteiger partial charge on any atom is 0.333 e. The maximum absolute atomic E-state index is 11.2. The number of aromatic nitrogens is 1. The molecule has 1 heterocycles. The average molecular weight is 194 g/mol. The van der Waals surface area contributed by atoms with Crippen LogP contribution in [0.2, 0.25) is 0 Å². The highest BCUT2D eigenvalue weighted by Crippen LogP contribution is 2.11. The van der Waals surface area contributed by atoms with Crippen molar-refractivity contribution in [3.63, 3.8) is 0 Å². The number of esters is 1. The van der Waals surface area contributed by atoms with Gasteiger partial charge in [0, 0.05) is 18.0 Å². The van der Waals surface area contributed by atoms with Gasteiger partial charge >= 0.3 is 5.97 Å². The first-order valence-electron chi connectivity index (χ1n) is 3.97. The van der Waals surface area contributed by atoms with E-state index in [4.69, 9.17) is 0 Å². The van der Waals surface area contributed by atoms with Gasteiger partial charge in [-0.25, -0.2) is 4.79 Å². The summed E-state index contributed by atoms with van der Waals surface area (Å²) in [6.07, 6.45) is 3.53. The summed E-state index contributed by atoms with van der Waals surface area (Å²) in [5.41, 5.74) is 0.589. The first-order chi connectivity index (χ1) is 6.79. The van der Waals surface area contributed by atoms with Gasteiger partial charge in [-0.15, -0.1) is 0 Å². The topological polar surface area (TPSA) is 68.3 Å². The van der Waals surface area contributed by atoms with E-state index in [1.807, 2.05) is 0 Å². The van der Waals surface area contributed by atoms with Crippen LogP contribution in [0.25, 0.3) is 0 Å². The van der Waals surface area contributed by atoms with Crippen molar-refractivity contribution in [2.75, 3.05) is 7.11 Å². The van der Waals surface area contributed by atoms with Crippen molar-refractivity contribution in [1.29, 1.82) is 0 Å². The molecule has 0 spiro atoms. The van der Waals surface area contributed by atoms with Crippen LogP contribution < -0.4 is 5.32 Å². The highest BCUT2D eigenvalue weighted by Gasteiger charge is 2.20. The Bertz CT molecular complexity index is 313. The lowest BCUT2D eigenvalue weighted by Crippen LogP contribution is -2.28. The second kappa shape index (κ2) is 4.96. The van der Waals surface area contributed by atoms with Crippen molar-refractivity contribution in [3.8, 4) is 0 Å². The van der Waals surface area contributed by atoms with Gasteiger partial charge in [0.2, 0.25) is 6.41 Å². The van der Waals surface area contributed by atoms with Crippen LogP contribution in [0.5, 0.6) is 0 Å². The van der Waals surface area contributed by atoms with E-state index >= 15 is 0 Å². The monoisotopic (exact) mass is 194 g/mol. The molecule has 0 aromatic carbocycles. The maximum atomic E-state index is 11.2. The molecule has 0 aliphatic heterocycles. The lowest BCUT2D eigenvalue weighted by Gasteiger charge is -2.12. The highest BCUT2D eigenvalue weighted by atomic mass is 16.5. The zero-order valence-corrected chi connectivity index (χ0v) is 7.64. The van der Waals surface area contributed by atoms with Gasteiger partial charge in [0.05, 0.1) is 7.11 Å². The van der Waals surface area contributed by atoms with Gasteiger partial charge in [0.15, 0.2) is 6.04 Å². The molecule has 14 heavy (non-hydrogen) atoms. The Hall–Kier alpha value is -1.91. The molecule has 0 fully saturated rings. The first kappa shape index (κ1) is 10.2. The predicted molar refractivity (Wildman–Crippen MR) is 48.2 cm³/mol. The van der Waals surface area contributed by atoms with Gasteiger partial charge < -0.3 is 10.1 Å². The summed E-state index contributed by atoms with van der Waals surface area (Å²) in [4.78, 5) is 25.3. The molecule has 1 atom stereocenters. The minimum absolute atomic E-state index is 0.453. The second-order valence-electron chi connectivity index (χ2n) is 2.53. The minimum Gasteiger partial charge on any atom is -0.467 e. The minimum atomic E-state index is -0.786. The average Bonchev–Trinajstić information content (AvgIpc) is 2.26. The SMILES string of the molecule is COC(=O)C(NC=O)c1cccnc1. The van der Waals surface area contributed by atoms with Crippen molar-refractivity contribution >= 4 is 12.4 Å². The van der Waals surface area contributed by atoms with Crippen molar-refractivity contribution in [1.82, 2.24) is 10.3 Å². The standard InChI is InChI=1S/C9H10N2O3/c1-14-9(13)8(11-6-12)7-3-2-4-10-5-7/h2-6,8H,1H3,(H,11,12). The fourth-order valence-corrected chi connectivity index (χ4v) is 1.03. The van der Waals surface area contributed by atoms with Gasteiger partial charge in [0.1, 0.15) is 0 Å². The number of ether oxygens (including phenoxy) is 1. The van der Waals surface area contributed by atoms with Crippen LogP contribution >= 0.6 is 0 Å². The van der Waals surface area contributed by atoms with Crippen LogP contribution in [-0.4, -0.2) is 24.5 Å². The molecule has 1 aromatic rings. The van der Waals surface area contributed by atoms with E-state index in [1.165, 1.54) is 13.3 Å². The molecule has 5 nitrogen and oxygen atoms in total. The van der Waals surface area contributed by atoms with E-state index in [0.29, 0.717) is 12.0 Å². The Kier molecular flexibility index (Phi) is 3.60. The number of nitrogens with one attached hydrogen (secondary N) is 1. The molecule has 0 saturated carbocycles. The molecule has 0 bridgehead atoms. The van der Waals surface area contributed by atoms with Crippen LogP contribution in [0.15, 0.2) is 24.5 Å². The fraction of sp³-hybridized carbons (Fsp3) is 0.222. The third kappa shape index (κ3) is 2.29. The molecule has 1 amide bonds. The van der Waals surface area contributed by atoms with E-state index in [1.54, 1.807) is 18.3 Å². The van der Waals surface area contributed by atoms with E-state index in [9.17, 15) is 9.59 Å². The molecule has 0 saturated heterocycles. The number of carbonyl (C=O) groups is 2.